The molecular formula is C29H30ClFN4O3. The molecule has 9 heteroatoms. The van der Waals surface area contributed by atoms with Gasteiger partial charge in [0.15, 0.2) is 6.73 Å². The molecule has 6 rings (SSSR count). The Morgan fingerprint density at radius 1 is 1.13 bits per heavy atom. The van der Waals surface area contributed by atoms with Crippen molar-refractivity contribution in [1.29, 1.82) is 0 Å². The normalized spacial score (nSPS) is 23.2. The molecule has 7 nitrogen and oxygen atoms in total. The Morgan fingerprint density at radius 3 is 2.71 bits per heavy atom. The number of halogens is 2. The molecule has 0 bridgehead atoms. The van der Waals surface area contributed by atoms with E-state index in [0.29, 0.717) is 23.6 Å². The van der Waals surface area contributed by atoms with E-state index >= 15 is 0 Å². The number of hydrogen-bond donors (Lipinski definition) is 0. The topological polar surface area (TPSA) is 65.6 Å². The van der Waals surface area contributed by atoms with Crippen LogP contribution in [0.4, 0.5) is 10.1 Å². The molecule has 0 spiro atoms. The lowest BCUT2D eigenvalue weighted by Crippen LogP contribution is -2.35. The zero-order valence-electron chi connectivity index (χ0n) is 24.2. The molecule has 198 valence electrons. The van der Waals surface area contributed by atoms with Gasteiger partial charge in [-0.2, -0.15) is 0 Å². The van der Waals surface area contributed by atoms with Gasteiger partial charge in [-0.3, -0.25) is 0 Å². The molecule has 0 saturated heterocycles. The van der Waals surface area contributed by atoms with Gasteiger partial charge in [0.25, 0.3) is 0 Å². The Kier molecular flexibility index (Phi) is 5.72. The van der Waals surface area contributed by atoms with Crippen LogP contribution in [0, 0.1) is 19.7 Å². The first-order chi connectivity index (χ1) is 19.6. The summed E-state index contributed by atoms with van der Waals surface area (Å²) in [5, 5.41) is 4.40. The fourth-order valence-electron chi connectivity index (χ4n) is 5.78. The van der Waals surface area contributed by atoms with E-state index in [-0.39, 0.29) is 24.9 Å². The third-order valence-electron chi connectivity index (χ3n) is 7.56. The van der Waals surface area contributed by atoms with Crippen LogP contribution in [-0.2, 0) is 9.47 Å². The van der Waals surface area contributed by atoms with Crippen LogP contribution in [0.2, 0.25) is 5.02 Å². The van der Waals surface area contributed by atoms with Crippen LogP contribution < -0.4 is 4.90 Å². The first-order valence-electron chi connectivity index (χ1n) is 14.2. The van der Waals surface area contributed by atoms with Gasteiger partial charge in [-0.15, -0.1) is 0 Å². The largest absolute Gasteiger partial charge is 0.481 e. The number of fused-ring (bicyclic) bond motifs is 1. The number of rotatable bonds is 5. The molecule has 0 N–H and O–H groups in total. The summed E-state index contributed by atoms with van der Waals surface area (Å²) in [5.41, 5.74) is 5.02. The summed E-state index contributed by atoms with van der Waals surface area (Å²) in [7, 11) is -2.42. The summed E-state index contributed by atoms with van der Waals surface area (Å²) >= 11 is 6.22. The van der Waals surface area contributed by atoms with E-state index in [0.717, 1.165) is 52.3 Å². The van der Waals surface area contributed by atoms with Crippen LogP contribution in [0.1, 0.15) is 59.2 Å². The molecule has 1 saturated carbocycles. The maximum absolute atomic E-state index is 14.4. The predicted octanol–water partition coefficient (Wildman–Crippen LogP) is 7.28. The molecule has 1 aliphatic heterocycles. The second-order valence-corrected chi connectivity index (χ2v) is 10.4. The van der Waals surface area contributed by atoms with Gasteiger partial charge in [0.1, 0.15) is 23.4 Å². The van der Waals surface area contributed by atoms with Gasteiger partial charge in [0.05, 0.1) is 33.2 Å². The second-order valence-electron chi connectivity index (χ2n) is 9.96. The zero-order valence-corrected chi connectivity index (χ0v) is 21.9. The fraction of sp³-hybridized carbons (Fsp3) is 0.379. The van der Waals surface area contributed by atoms with Crippen molar-refractivity contribution in [1.82, 2.24) is 14.7 Å². The van der Waals surface area contributed by atoms with Crippen molar-refractivity contribution in [2.75, 3.05) is 18.7 Å². The summed E-state index contributed by atoms with van der Waals surface area (Å²) < 4.78 is 55.5. The van der Waals surface area contributed by atoms with E-state index in [4.69, 9.17) is 34.7 Å². The highest BCUT2D eigenvalue weighted by Crippen LogP contribution is 2.40. The average molecular weight is 540 g/mol. The van der Waals surface area contributed by atoms with Gasteiger partial charge in [-0.25, -0.2) is 9.37 Å². The highest BCUT2D eigenvalue weighted by Gasteiger charge is 2.32. The van der Waals surface area contributed by atoms with Crippen molar-refractivity contribution in [3.05, 3.63) is 76.9 Å². The first kappa shape index (κ1) is 21.6. The minimum absolute atomic E-state index is 0.0607. The first-order valence-corrected chi connectivity index (χ1v) is 13.1. The third kappa shape index (κ3) is 4.46. The number of benzene rings is 2. The summed E-state index contributed by atoms with van der Waals surface area (Å²) in [5.74, 6) is 1.07. The monoisotopic (exact) mass is 539 g/mol. The molecule has 2 aliphatic rings. The molecule has 0 unspecified atom stereocenters. The maximum Gasteiger partial charge on any atom is 0.161 e. The number of methoxy groups -OCH3 is 1. The van der Waals surface area contributed by atoms with Crippen molar-refractivity contribution in [2.45, 2.75) is 57.7 Å². The Balaban J connectivity index is 1.45. The molecule has 0 amide bonds. The number of aryl methyl sites for hydroxylation is 2. The Morgan fingerprint density at radius 2 is 1.97 bits per heavy atom. The predicted molar refractivity (Wildman–Crippen MR) is 145 cm³/mol. The number of nitrogens with zero attached hydrogens (tertiary/aromatic N) is 4. The standard InChI is InChI=1S/C29H30ClFN4O3/c1-17-28(18(2)38-33-17)19-4-9-26-25(12-19)32-29(35(26)22-5-7-24(36-3)8-6-22)27-10-11-37-16-34(27)23-14-20(30)13-21(31)15-23/h4,9-15,22,24,27H,5-8,16H2,1-3H3/t22?,24?,27-/m0/s1/i3D3. The van der Waals surface area contributed by atoms with Crippen LogP contribution in [0.3, 0.4) is 0 Å². The Bertz CT molecular complexity index is 1570. The maximum atomic E-state index is 14.4. The molecule has 3 heterocycles. The summed E-state index contributed by atoms with van der Waals surface area (Å²) in [6, 6.07) is 10.2. The molecule has 1 atom stereocenters. The van der Waals surface area contributed by atoms with Crippen LogP contribution >= 0.6 is 11.6 Å². The van der Waals surface area contributed by atoms with Crippen molar-refractivity contribution in [2.24, 2.45) is 0 Å². The van der Waals surface area contributed by atoms with Gasteiger partial charge in [-0.1, -0.05) is 22.8 Å². The molecule has 38 heavy (non-hydrogen) atoms. The van der Waals surface area contributed by atoms with E-state index in [2.05, 4.69) is 15.8 Å². The number of ether oxygens (including phenoxy) is 2. The van der Waals surface area contributed by atoms with Crippen LogP contribution in [0.5, 0.6) is 0 Å². The lowest BCUT2D eigenvalue weighted by Gasteiger charge is -2.36. The summed E-state index contributed by atoms with van der Waals surface area (Å²) in [6.07, 6.45) is 5.91. The number of aromatic nitrogens is 3. The molecule has 0 radical (unpaired) electrons. The minimum Gasteiger partial charge on any atom is -0.481 e. The van der Waals surface area contributed by atoms with Gasteiger partial charge in [0, 0.05) is 29.4 Å². The lowest BCUT2D eigenvalue weighted by atomic mass is 9.92. The molecule has 2 aromatic carbocycles. The van der Waals surface area contributed by atoms with Gasteiger partial charge < -0.3 is 23.5 Å². The van der Waals surface area contributed by atoms with Gasteiger partial charge in [-0.05, 0) is 81.5 Å². The number of imidazole rings is 1. The summed E-state index contributed by atoms with van der Waals surface area (Å²) in [6.45, 7) is 3.99. The SMILES string of the molecule is [2H]C([2H])([2H])OC1CCC(n2c([C@@H]3C=COCN3c3cc(F)cc(Cl)c3)nc3cc(-c4c(C)noc4C)ccc32)CC1. The summed E-state index contributed by atoms with van der Waals surface area (Å²) in [4.78, 5) is 7.08. The van der Waals surface area contributed by atoms with Gasteiger partial charge >= 0.3 is 0 Å². The minimum atomic E-state index is -2.42. The highest BCUT2D eigenvalue weighted by molar-refractivity contribution is 6.30. The third-order valence-corrected chi connectivity index (χ3v) is 7.78. The van der Waals surface area contributed by atoms with Crippen molar-refractivity contribution >= 4 is 28.3 Å². The number of hydrogen-bond acceptors (Lipinski definition) is 6. The van der Waals surface area contributed by atoms with Crippen LogP contribution in [0.25, 0.3) is 22.2 Å². The van der Waals surface area contributed by atoms with E-state index in [9.17, 15) is 4.39 Å². The van der Waals surface area contributed by atoms with E-state index in [1.165, 1.54) is 12.1 Å². The zero-order chi connectivity index (χ0) is 28.9. The van der Waals surface area contributed by atoms with Crippen molar-refractivity contribution in [3.63, 3.8) is 0 Å². The van der Waals surface area contributed by atoms with Crippen LogP contribution in [-0.4, -0.2) is 34.6 Å². The second kappa shape index (κ2) is 10.1. The van der Waals surface area contributed by atoms with Gasteiger partial charge in [0.2, 0.25) is 0 Å². The molecule has 1 fully saturated rings. The van der Waals surface area contributed by atoms with Crippen LogP contribution in [0.15, 0.2) is 53.3 Å². The van der Waals surface area contributed by atoms with E-state index in [1.807, 2.05) is 37.0 Å². The number of anilines is 1. The van der Waals surface area contributed by atoms with Crippen molar-refractivity contribution < 1.29 is 22.5 Å². The van der Waals surface area contributed by atoms with E-state index < -0.39 is 12.9 Å². The molecule has 2 aromatic heterocycles. The molecule has 4 aromatic rings. The quantitative estimate of drug-likeness (QED) is 0.265. The fourth-order valence-corrected chi connectivity index (χ4v) is 6.00. The highest BCUT2D eigenvalue weighted by atomic mass is 35.5. The smallest absolute Gasteiger partial charge is 0.161 e. The van der Waals surface area contributed by atoms with E-state index in [1.54, 1.807) is 12.3 Å². The lowest BCUT2D eigenvalue weighted by molar-refractivity contribution is 0.0584. The van der Waals surface area contributed by atoms with Crippen molar-refractivity contribution in [3.8, 4) is 11.1 Å². The molecule has 1 aliphatic carbocycles. The molecular weight excluding hydrogens is 507 g/mol. The Hall–Kier alpha value is -3.36. The average Bonchev–Trinajstić information content (AvgIpc) is 3.46. The Labute approximate surface area is 230 Å².